The van der Waals surface area contributed by atoms with Crippen molar-refractivity contribution >= 4 is 23.3 Å². The molecule has 0 radical (unpaired) electrons. The Hall–Kier alpha value is -2.89. The molecule has 1 aromatic carbocycles. The van der Waals surface area contributed by atoms with Crippen molar-refractivity contribution in [2.75, 3.05) is 31.1 Å². The van der Waals surface area contributed by atoms with Crippen molar-refractivity contribution in [3.8, 4) is 11.8 Å². The number of halogens is 1. The van der Waals surface area contributed by atoms with E-state index in [4.69, 9.17) is 21.6 Å². The van der Waals surface area contributed by atoms with Gasteiger partial charge in [-0.3, -0.25) is 9.69 Å². The van der Waals surface area contributed by atoms with E-state index in [0.717, 1.165) is 64.1 Å². The average molecular weight is 497 g/mol. The molecule has 1 aromatic heterocycles. The second-order valence-electron chi connectivity index (χ2n) is 9.43. The number of ether oxygens (including phenoxy) is 1. The predicted octanol–water partition coefficient (Wildman–Crippen LogP) is 4.04. The van der Waals surface area contributed by atoms with Crippen molar-refractivity contribution in [3.05, 3.63) is 46.6 Å². The Balaban J connectivity index is 1.24. The van der Waals surface area contributed by atoms with Crippen LogP contribution in [0.15, 0.2) is 30.3 Å². The van der Waals surface area contributed by atoms with Gasteiger partial charge in [0.1, 0.15) is 11.8 Å². The van der Waals surface area contributed by atoms with E-state index in [1.807, 2.05) is 12.1 Å². The number of anilines is 1. The topological polar surface area (TPSA) is 94.4 Å². The van der Waals surface area contributed by atoms with Crippen molar-refractivity contribution in [1.29, 1.82) is 5.26 Å². The molecule has 2 aromatic rings. The summed E-state index contributed by atoms with van der Waals surface area (Å²) >= 11 is 6.10. The Morgan fingerprint density at radius 3 is 2.63 bits per heavy atom. The molecular formula is C26H33ClN6O2. The van der Waals surface area contributed by atoms with Gasteiger partial charge in [0.2, 0.25) is 0 Å². The minimum absolute atomic E-state index is 0.0615. The van der Waals surface area contributed by atoms with Crippen LogP contribution in [0.5, 0.6) is 5.75 Å². The minimum atomic E-state index is -0.187. The Morgan fingerprint density at radius 1 is 1.20 bits per heavy atom. The third kappa shape index (κ3) is 6.41. The third-order valence-electron chi connectivity index (χ3n) is 6.86. The number of aromatic nitrogens is 2. The molecule has 9 heteroatoms. The van der Waals surface area contributed by atoms with Gasteiger partial charge in [0.05, 0.1) is 16.7 Å². The molecule has 1 saturated heterocycles. The van der Waals surface area contributed by atoms with Gasteiger partial charge < -0.3 is 15.0 Å². The van der Waals surface area contributed by atoms with E-state index in [2.05, 4.69) is 39.2 Å². The van der Waals surface area contributed by atoms with Crippen LogP contribution < -0.4 is 15.0 Å². The summed E-state index contributed by atoms with van der Waals surface area (Å²) in [6.07, 6.45) is 4.53. The maximum atomic E-state index is 12.7. The number of benzene rings is 1. The molecule has 0 bridgehead atoms. The van der Waals surface area contributed by atoms with Crippen LogP contribution in [0.4, 0.5) is 5.82 Å². The van der Waals surface area contributed by atoms with Gasteiger partial charge in [0, 0.05) is 37.8 Å². The SMILES string of the molecule is CCCN1CCN(c2ccc(C(=O)NC3CCC(Oc4ccc(C#N)c(Cl)c4)CC3)nn2)C[C@H]1C. The molecule has 0 spiro atoms. The smallest absolute Gasteiger partial charge is 0.272 e. The molecule has 0 unspecified atom stereocenters. The highest BCUT2D eigenvalue weighted by Crippen LogP contribution is 2.27. The van der Waals surface area contributed by atoms with Crippen LogP contribution in [0.3, 0.4) is 0 Å². The summed E-state index contributed by atoms with van der Waals surface area (Å²) in [5.74, 6) is 1.30. The van der Waals surface area contributed by atoms with E-state index in [0.29, 0.717) is 28.1 Å². The highest BCUT2D eigenvalue weighted by atomic mass is 35.5. The summed E-state index contributed by atoms with van der Waals surface area (Å²) in [4.78, 5) is 17.5. The minimum Gasteiger partial charge on any atom is -0.490 e. The molecule has 186 valence electrons. The molecule has 2 aliphatic rings. The number of carbonyl (C=O) groups excluding carboxylic acids is 1. The molecule has 8 nitrogen and oxygen atoms in total. The lowest BCUT2D eigenvalue weighted by atomic mass is 9.93. The van der Waals surface area contributed by atoms with Gasteiger partial charge in [-0.1, -0.05) is 18.5 Å². The first-order valence-corrected chi connectivity index (χ1v) is 12.8. The summed E-state index contributed by atoms with van der Waals surface area (Å²) in [5.41, 5.74) is 0.780. The number of nitriles is 1. The van der Waals surface area contributed by atoms with E-state index in [-0.39, 0.29) is 18.1 Å². The van der Waals surface area contributed by atoms with Gasteiger partial charge in [-0.25, -0.2) is 0 Å². The van der Waals surface area contributed by atoms with Gasteiger partial charge in [-0.05, 0) is 69.8 Å². The lowest BCUT2D eigenvalue weighted by Gasteiger charge is -2.40. The number of amides is 1. The first-order valence-electron chi connectivity index (χ1n) is 12.5. The zero-order valence-corrected chi connectivity index (χ0v) is 21.2. The average Bonchev–Trinajstić information content (AvgIpc) is 2.87. The normalized spacial score (nSPS) is 22.9. The van der Waals surface area contributed by atoms with E-state index in [1.54, 1.807) is 24.3 Å². The van der Waals surface area contributed by atoms with Crippen molar-refractivity contribution in [1.82, 2.24) is 20.4 Å². The van der Waals surface area contributed by atoms with Crippen molar-refractivity contribution in [3.63, 3.8) is 0 Å². The Kier molecular flexibility index (Phi) is 8.42. The molecule has 1 N–H and O–H groups in total. The first kappa shape index (κ1) is 25.2. The van der Waals surface area contributed by atoms with Gasteiger partial charge >= 0.3 is 0 Å². The largest absolute Gasteiger partial charge is 0.490 e. The zero-order chi connectivity index (χ0) is 24.8. The fourth-order valence-corrected chi connectivity index (χ4v) is 5.09. The van der Waals surface area contributed by atoms with E-state index >= 15 is 0 Å². The van der Waals surface area contributed by atoms with Crippen LogP contribution in [-0.2, 0) is 0 Å². The highest BCUT2D eigenvalue weighted by Gasteiger charge is 2.26. The monoisotopic (exact) mass is 496 g/mol. The summed E-state index contributed by atoms with van der Waals surface area (Å²) in [5, 5.41) is 21.1. The van der Waals surface area contributed by atoms with Gasteiger partial charge in [0.25, 0.3) is 5.91 Å². The van der Waals surface area contributed by atoms with Gasteiger partial charge in [0.15, 0.2) is 11.5 Å². The maximum Gasteiger partial charge on any atom is 0.272 e. The summed E-state index contributed by atoms with van der Waals surface area (Å²) in [6, 6.07) is 11.4. The Labute approximate surface area is 212 Å². The molecule has 1 saturated carbocycles. The number of piperazine rings is 1. The van der Waals surface area contributed by atoms with E-state index in [9.17, 15) is 4.79 Å². The summed E-state index contributed by atoms with van der Waals surface area (Å²) in [7, 11) is 0. The molecule has 1 aliphatic carbocycles. The second kappa shape index (κ2) is 11.7. The first-order chi connectivity index (χ1) is 17.0. The molecule has 2 fully saturated rings. The van der Waals surface area contributed by atoms with Crippen LogP contribution in [0, 0.1) is 11.3 Å². The van der Waals surface area contributed by atoms with Crippen LogP contribution in [0.25, 0.3) is 0 Å². The molecule has 1 atom stereocenters. The summed E-state index contributed by atoms with van der Waals surface area (Å²) in [6.45, 7) is 8.43. The number of rotatable bonds is 7. The van der Waals surface area contributed by atoms with Crippen LogP contribution >= 0.6 is 11.6 Å². The van der Waals surface area contributed by atoms with Crippen LogP contribution in [-0.4, -0.2) is 65.4 Å². The summed E-state index contributed by atoms with van der Waals surface area (Å²) < 4.78 is 6.04. The van der Waals surface area contributed by atoms with Gasteiger partial charge in [-0.2, -0.15) is 5.26 Å². The number of hydrogen-bond donors (Lipinski definition) is 1. The lowest BCUT2D eigenvalue weighted by molar-refractivity contribution is 0.0888. The van der Waals surface area contributed by atoms with Crippen LogP contribution in [0.2, 0.25) is 5.02 Å². The zero-order valence-electron chi connectivity index (χ0n) is 20.4. The molecule has 4 rings (SSSR count). The molecule has 35 heavy (non-hydrogen) atoms. The van der Waals surface area contributed by atoms with Crippen molar-refractivity contribution in [2.45, 2.75) is 64.1 Å². The van der Waals surface area contributed by atoms with Crippen molar-refractivity contribution in [2.24, 2.45) is 0 Å². The fourth-order valence-electron chi connectivity index (χ4n) is 4.87. The van der Waals surface area contributed by atoms with E-state index in [1.165, 1.54) is 0 Å². The second-order valence-corrected chi connectivity index (χ2v) is 9.83. The van der Waals surface area contributed by atoms with Gasteiger partial charge in [-0.15, -0.1) is 10.2 Å². The highest BCUT2D eigenvalue weighted by molar-refractivity contribution is 6.31. The Bertz CT molecular complexity index is 1050. The maximum absolute atomic E-state index is 12.7. The lowest BCUT2D eigenvalue weighted by Crippen LogP contribution is -2.52. The predicted molar refractivity (Wildman–Crippen MR) is 136 cm³/mol. The quantitative estimate of drug-likeness (QED) is 0.618. The number of hydrogen-bond acceptors (Lipinski definition) is 7. The fraction of sp³-hybridized carbons (Fsp3) is 0.538. The third-order valence-corrected chi connectivity index (χ3v) is 7.17. The number of nitrogens with one attached hydrogen (secondary N) is 1. The van der Waals surface area contributed by atoms with Crippen LogP contribution in [0.1, 0.15) is 62.0 Å². The standard InChI is InChI=1S/C26H33ClN6O2/c1-3-12-32-13-14-33(17-18(32)2)25-11-10-24(30-31-25)26(34)29-20-5-8-21(9-6-20)35-22-7-4-19(16-28)23(27)15-22/h4,7,10-11,15,18,20-21H,3,5-6,8-9,12-14,17H2,1-2H3,(H,29,34)/t18-,20?,21?/m1/s1. The Morgan fingerprint density at radius 2 is 2.00 bits per heavy atom. The van der Waals surface area contributed by atoms with Crippen molar-refractivity contribution < 1.29 is 9.53 Å². The van der Waals surface area contributed by atoms with E-state index < -0.39 is 0 Å². The molecule has 2 heterocycles. The molecular weight excluding hydrogens is 464 g/mol. The molecule has 1 amide bonds. The number of nitrogens with zero attached hydrogens (tertiary/aromatic N) is 5. The number of carbonyl (C=O) groups is 1. The molecule has 1 aliphatic heterocycles.